The van der Waals surface area contributed by atoms with E-state index in [1.165, 1.54) is 0 Å². The first kappa shape index (κ1) is 15.1. The zero-order chi connectivity index (χ0) is 14.4. The molecule has 0 amide bonds. The van der Waals surface area contributed by atoms with Crippen LogP contribution in [0.3, 0.4) is 0 Å². The molecule has 1 aliphatic rings. The first-order chi connectivity index (χ1) is 8.62. The standard InChI is InChI=1S/C15H20Cl2O2/c1-14(2)8-11(15(3,4)19-14)13(18)10-6-5-9(16)7-12(10)17/h5-7,11,13,18H,8H2,1-4H3. The fraction of sp³-hybridized carbons (Fsp3) is 0.600. The van der Waals surface area contributed by atoms with Crippen molar-refractivity contribution in [1.82, 2.24) is 0 Å². The zero-order valence-corrected chi connectivity index (χ0v) is 13.2. The number of halogens is 2. The summed E-state index contributed by atoms with van der Waals surface area (Å²) >= 11 is 12.1. The predicted octanol–water partition coefficient (Wildman–Crippen LogP) is 4.62. The van der Waals surface area contributed by atoms with Gasteiger partial charge in [0, 0.05) is 16.0 Å². The van der Waals surface area contributed by atoms with Gasteiger partial charge < -0.3 is 9.84 Å². The van der Waals surface area contributed by atoms with E-state index >= 15 is 0 Å². The highest BCUT2D eigenvalue weighted by atomic mass is 35.5. The Morgan fingerprint density at radius 3 is 2.37 bits per heavy atom. The van der Waals surface area contributed by atoms with Gasteiger partial charge in [0.1, 0.15) is 0 Å². The third kappa shape index (κ3) is 3.08. The minimum atomic E-state index is -0.651. The Morgan fingerprint density at radius 2 is 1.89 bits per heavy atom. The van der Waals surface area contributed by atoms with Crippen LogP contribution in [-0.2, 0) is 4.74 Å². The summed E-state index contributed by atoms with van der Waals surface area (Å²) in [7, 11) is 0. The monoisotopic (exact) mass is 302 g/mol. The van der Waals surface area contributed by atoms with Gasteiger partial charge in [0.2, 0.25) is 0 Å². The van der Waals surface area contributed by atoms with Gasteiger partial charge in [0.25, 0.3) is 0 Å². The van der Waals surface area contributed by atoms with Crippen molar-refractivity contribution in [2.75, 3.05) is 0 Å². The van der Waals surface area contributed by atoms with Crippen molar-refractivity contribution >= 4 is 23.2 Å². The molecule has 0 spiro atoms. The molecule has 2 atom stereocenters. The zero-order valence-electron chi connectivity index (χ0n) is 11.7. The second kappa shape index (κ2) is 4.92. The van der Waals surface area contributed by atoms with Gasteiger partial charge >= 0.3 is 0 Å². The van der Waals surface area contributed by atoms with Crippen LogP contribution in [0.4, 0.5) is 0 Å². The molecule has 1 aromatic rings. The Labute approximate surface area is 124 Å². The lowest BCUT2D eigenvalue weighted by Gasteiger charge is -2.30. The highest BCUT2D eigenvalue weighted by molar-refractivity contribution is 6.35. The second-order valence-electron chi connectivity index (χ2n) is 6.39. The van der Waals surface area contributed by atoms with Gasteiger partial charge in [-0.1, -0.05) is 29.3 Å². The van der Waals surface area contributed by atoms with Crippen LogP contribution in [0, 0.1) is 5.92 Å². The Hall–Kier alpha value is -0.280. The lowest BCUT2D eigenvalue weighted by molar-refractivity contribution is -0.0880. The number of aliphatic hydroxyl groups excluding tert-OH is 1. The van der Waals surface area contributed by atoms with Crippen molar-refractivity contribution in [2.24, 2.45) is 5.92 Å². The van der Waals surface area contributed by atoms with Crippen LogP contribution in [-0.4, -0.2) is 16.3 Å². The molecule has 2 unspecified atom stereocenters. The average molecular weight is 303 g/mol. The number of ether oxygens (including phenoxy) is 1. The summed E-state index contributed by atoms with van der Waals surface area (Å²) in [6.07, 6.45) is 0.140. The molecular weight excluding hydrogens is 283 g/mol. The molecule has 1 aromatic carbocycles. The molecule has 1 heterocycles. The molecule has 0 bridgehead atoms. The van der Waals surface area contributed by atoms with E-state index in [-0.39, 0.29) is 17.1 Å². The highest BCUT2D eigenvalue weighted by Crippen LogP contribution is 2.48. The van der Waals surface area contributed by atoms with E-state index in [0.717, 1.165) is 6.42 Å². The Kier molecular flexibility index (Phi) is 3.92. The fourth-order valence-corrected chi connectivity index (χ4v) is 3.58. The smallest absolute Gasteiger partial charge is 0.0861 e. The van der Waals surface area contributed by atoms with Gasteiger partial charge in [-0.05, 0) is 51.8 Å². The number of rotatable bonds is 2. The third-order valence-corrected chi connectivity index (χ3v) is 4.37. The first-order valence-corrected chi connectivity index (χ1v) is 7.21. The number of hydrogen-bond acceptors (Lipinski definition) is 2. The highest BCUT2D eigenvalue weighted by Gasteiger charge is 2.49. The fourth-order valence-electron chi connectivity index (χ4n) is 3.05. The molecule has 1 saturated heterocycles. The van der Waals surface area contributed by atoms with E-state index in [4.69, 9.17) is 27.9 Å². The molecule has 0 saturated carbocycles. The van der Waals surface area contributed by atoms with Crippen molar-refractivity contribution in [2.45, 2.75) is 51.4 Å². The van der Waals surface area contributed by atoms with Gasteiger partial charge in [0.05, 0.1) is 17.3 Å². The lowest BCUT2D eigenvalue weighted by atomic mass is 9.80. The SMILES string of the molecule is CC1(C)CC(C(O)c2ccc(Cl)cc2Cl)C(C)(C)O1. The van der Waals surface area contributed by atoms with Crippen molar-refractivity contribution in [3.8, 4) is 0 Å². The molecule has 0 radical (unpaired) electrons. The van der Waals surface area contributed by atoms with Gasteiger partial charge in [-0.2, -0.15) is 0 Å². The minimum Gasteiger partial charge on any atom is -0.388 e. The van der Waals surface area contributed by atoms with Crippen LogP contribution >= 0.6 is 23.2 Å². The molecule has 1 aliphatic heterocycles. The molecule has 0 aliphatic carbocycles. The maximum absolute atomic E-state index is 10.7. The summed E-state index contributed by atoms with van der Waals surface area (Å²) in [6, 6.07) is 5.20. The van der Waals surface area contributed by atoms with Crippen LogP contribution in [0.15, 0.2) is 18.2 Å². The number of benzene rings is 1. The summed E-state index contributed by atoms with van der Waals surface area (Å²) in [4.78, 5) is 0. The van der Waals surface area contributed by atoms with Crippen LogP contribution in [0.2, 0.25) is 10.0 Å². The first-order valence-electron chi connectivity index (χ1n) is 6.45. The molecular formula is C15H20Cl2O2. The maximum Gasteiger partial charge on any atom is 0.0861 e. The van der Waals surface area contributed by atoms with Crippen molar-refractivity contribution in [1.29, 1.82) is 0 Å². The van der Waals surface area contributed by atoms with Crippen LogP contribution in [0.5, 0.6) is 0 Å². The molecule has 2 rings (SSSR count). The van der Waals surface area contributed by atoms with Gasteiger partial charge in [-0.25, -0.2) is 0 Å². The van der Waals surface area contributed by atoms with E-state index in [2.05, 4.69) is 0 Å². The molecule has 1 N–H and O–H groups in total. The van der Waals surface area contributed by atoms with E-state index in [1.807, 2.05) is 27.7 Å². The summed E-state index contributed by atoms with van der Waals surface area (Å²) in [5.74, 6) is 0.00109. The third-order valence-electron chi connectivity index (χ3n) is 3.81. The lowest BCUT2D eigenvalue weighted by Crippen LogP contribution is -2.32. The Bertz CT molecular complexity index is 483. The minimum absolute atomic E-state index is 0.00109. The molecule has 1 fully saturated rings. The van der Waals surface area contributed by atoms with E-state index in [1.54, 1.807) is 18.2 Å². The Morgan fingerprint density at radius 1 is 1.26 bits per heavy atom. The van der Waals surface area contributed by atoms with Crippen LogP contribution < -0.4 is 0 Å². The molecule has 19 heavy (non-hydrogen) atoms. The average Bonchev–Trinajstić information content (AvgIpc) is 2.45. The summed E-state index contributed by atoms with van der Waals surface area (Å²) < 4.78 is 6.03. The predicted molar refractivity (Wildman–Crippen MR) is 78.8 cm³/mol. The molecule has 2 nitrogen and oxygen atoms in total. The summed E-state index contributed by atoms with van der Waals surface area (Å²) in [5.41, 5.74) is 0.102. The largest absolute Gasteiger partial charge is 0.388 e. The normalized spacial score (nSPS) is 26.4. The maximum atomic E-state index is 10.7. The van der Waals surface area contributed by atoms with E-state index in [0.29, 0.717) is 15.6 Å². The van der Waals surface area contributed by atoms with Crippen molar-refractivity contribution in [3.63, 3.8) is 0 Å². The topological polar surface area (TPSA) is 29.5 Å². The molecule has 0 aromatic heterocycles. The quantitative estimate of drug-likeness (QED) is 0.863. The number of hydrogen-bond donors (Lipinski definition) is 1. The molecule has 106 valence electrons. The van der Waals surface area contributed by atoms with Gasteiger partial charge in [-0.15, -0.1) is 0 Å². The number of aliphatic hydroxyl groups is 1. The van der Waals surface area contributed by atoms with Crippen molar-refractivity contribution in [3.05, 3.63) is 33.8 Å². The van der Waals surface area contributed by atoms with Gasteiger partial charge in [0.15, 0.2) is 0 Å². The van der Waals surface area contributed by atoms with Crippen molar-refractivity contribution < 1.29 is 9.84 Å². The van der Waals surface area contributed by atoms with Crippen LogP contribution in [0.1, 0.15) is 45.8 Å². The summed E-state index contributed by atoms with van der Waals surface area (Å²) in [6.45, 7) is 8.12. The molecule has 4 heteroatoms. The second-order valence-corrected chi connectivity index (χ2v) is 7.23. The van der Waals surface area contributed by atoms with E-state index in [9.17, 15) is 5.11 Å². The van der Waals surface area contributed by atoms with E-state index < -0.39 is 6.10 Å². The summed E-state index contributed by atoms with van der Waals surface area (Å²) in [5, 5.41) is 11.7. The van der Waals surface area contributed by atoms with Gasteiger partial charge in [-0.3, -0.25) is 0 Å². The van der Waals surface area contributed by atoms with Crippen LogP contribution in [0.25, 0.3) is 0 Å². The Balaban J connectivity index is 2.31.